The molecule has 1 saturated carbocycles. The number of carbonyl (C=O) groups is 1. The fraction of sp³-hybridized carbons (Fsp3) is 0.452. The SMILES string of the molecule is CCOC(=O)c1ccc2nc(N3C4CCC3CC(CCc3c(-c5c(Cl)cccc5Cl)noc3C3CC3)C4)sc2c1. The van der Waals surface area contributed by atoms with Gasteiger partial charge in [-0.3, -0.25) is 0 Å². The Morgan fingerprint density at radius 2 is 1.85 bits per heavy atom. The van der Waals surface area contributed by atoms with E-state index >= 15 is 0 Å². The lowest BCUT2D eigenvalue weighted by atomic mass is 9.85. The zero-order chi connectivity index (χ0) is 27.4. The van der Waals surface area contributed by atoms with Crippen molar-refractivity contribution < 1.29 is 14.1 Å². The van der Waals surface area contributed by atoms with Crippen LogP contribution < -0.4 is 4.90 Å². The average molecular weight is 597 g/mol. The standard InChI is InChI=1S/C31H31Cl2N3O3S/c1-2-38-30(37)19-9-13-25-26(16-19)40-31(34-25)36-20-10-11-21(36)15-17(14-20)6-12-22-28(35-39-29(22)18-7-8-18)27-23(32)4-3-5-24(27)33/h3-5,9,13,16-18,20-21H,2,6-8,10-12,14-15H2,1H3. The number of esters is 1. The molecule has 2 saturated heterocycles. The molecule has 4 heterocycles. The number of hydrogen-bond acceptors (Lipinski definition) is 7. The van der Waals surface area contributed by atoms with Gasteiger partial charge in [0.15, 0.2) is 5.13 Å². The molecule has 0 amide bonds. The maximum Gasteiger partial charge on any atom is 0.338 e. The summed E-state index contributed by atoms with van der Waals surface area (Å²) in [5.41, 5.74) is 4.32. The van der Waals surface area contributed by atoms with E-state index < -0.39 is 0 Å². The molecular weight excluding hydrogens is 565 g/mol. The lowest BCUT2D eigenvalue weighted by Crippen LogP contribution is -2.43. The van der Waals surface area contributed by atoms with Crippen LogP contribution >= 0.6 is 34.5 Å². The molecule has 2 bridgehead atoms. The number of rotatable bonds is 8. The van der Waals surface area contributed by atoms with E-state index in [0.717, 1.165) is 70.9 Å². The number of ether oxygens (including phenoxy) is 1. The predicted octanol–water partition coefficient (Wildman–Crippen LogP) is 8.69. The van der Waals surface area contributed by atoms with Gasteiger partial charge in [0.1, 0.15) is 11.5 Å². The summed E-state index contributed by atoms with van der Waals surface area (Å²) in [7, 11) is 0. The van der Waals surface area contributed by atoms with Crippen LogP contribution in [0.4, 0.5) is 5.13 Å². The second-order valence-electron chi connectivity index (χ2n) is 11.3. The number of piperidine rings is 1. The minimum atomic E-state index is -0.280. The number of hydrogen-bond donors (Lipinski definition) is 0. The molecule has 2 aromatic carbocycles. The Hall–Kier alpha value is -2.61. The topological polar surface area (TPSA) is 68.5 Å². The van der Waals surface area contributed by atoms with Crippen LogP contribution in [0.15, 0.2) is 40.9 Å². The summed E-state index contributed by atoms with van der Waals surface area (Å²) in [6.07, 6.45) is 9.05. The van der Waals surface area contributed by atoms with Gasteiger partial charge in [0.05, 0.1) is 32.4 Å². The highest BCUT2D eigenvalue weighted by Crippen LogP contribution is 2.48. The summed E-state index contributed by atoms with van der Waals surface area (Å²) in [5.74, 6) is 1.86. The number of anilines is 1. The first-order valence-corrected chi connectivity index (χ1v) is 15.9. The van der Waals surface area contributed by atoms with Gasteiger partial charge in [-0.1, -0.05) is 45.8 Å². The highest BCUT2D eigenvalue weighted by Gasteiger charge is 2.42. The monoisotopic (exact) mass is 595 g/mol. The lowest BCUT2D eigenvalue weighted by Gasteiger charge is -2.39. The van der Waals surface area contributed by atoms with E-state index in [1.807, 2.05) is 43.3 Å². The molecule has 2 unspecified atom stereocenters. The molecule has 6 nitrogen and oxygen atoms in total. The van der Waals surface area contributed by atoms with Crippen LogP contribution in [0.25, 0.3) is 21.5 Å². The van der Waals surface area contributed by atoms with E-state index in [-0.39, 0.29) is 5.97 Å². The summed E-state index contributed by atoms with van der Waals surface area (Å²) in [6.45, 7) is 2.20. The smallest absolute Gasteiger partial charge is 0.338 e. The summed E-state index contributed by atoms with van der Waals surface area (Å²) in [4.78, 5) is 19.8. The third-order valence-corrected chi connectivity index (χ3v) is 10.4. The first-order chi connectivity index (χ1) is 19.5. The zero-order valence-corrected chi connectivity index (χ0v) is 24.7. The van der Waals surface area contributed by atoms with Gasteiger partial charge >= 0.3 is 5.97 Å². The molecule has 2 atom stereocenters. The minimum Gasteiger partial charge on any atom is -0.462 e. The Labute approximate surface area is 247 Å². The molecule has 40 heavy (non-hydrogen) atoms. The van der Waals surface area contributed by atoms with Crippen LogP contribution in [0.3, 0.4) is 0 Å². The van der Waals surface area contributed by atoms with E-state index in [2.05, 4.69) is 10.1 Å². The van der Waals surface area contributed by atoms with Gasteiger partial charge in [-0.2, -0.15) is 0 Å². The van der Waals surface area contributed by atoms with Crippen molar-refractivity contribution in [1.29, 1.82) is 0 Å². The number of thiazole rings is 1. The molecule has 0 radical (unpaired) electrons. The average Bonchev–Trinajstić information content (AvgIpc) is 3.47. The number of carbonyl (C=O) groups excluding carboxylic acids is 1. The molecule has 7 rings (SSSR count). The Balaban J connectivity index is 1.08. The first kappa shape index (κ1) is 26.3. The number of benzene rings is 2. The fourth-order valence-electron chi connectivity index (χ4n) is 6.70. The van der Waals surface area contributed by atoms with E-state index in [1.165, 1.54) is 18.4 Å². The van der Waals surface area contributed by atoms with Gasteiger partial charge in [-0.15, -0.1) is 0 Å². The van der Waals surface area contributed by atoms with Gasteiger partial charge in [0.25, 0.3) is 0 Å². The third kappa shape index (κ3) is 4.80. The van der Waals surface area contributed by atoms with E-state index in [1.54, 1.807) is 11.3 Å². The van der Waals surface area contributed by atoms with Gasteiger partial charge < -0.3 is 14.2 Å². The summed E-state index contributed by atoms with van der Waals surface area (Å²) in [6, 6.07) is 12.3. The molecule has 1 aliphatic carbocycles. The fourth-order valence-corrected chi connectivity index (χ4v) is 8.43. The molecule has 4 aromatic rings. The van der Waals surface area contributed by atoms with Crippen molar-refractivity contribution in [2.75, 3.05) is 11.5 Å². The van der Waals surface area contributed by atoms with Crippen molar-refractivity contribution in [2.24, 2.45) is 5.92 Å². The quantitative estimate of drug-likeness (QED) is 0.190. The van der Waals surface area contributed by atoms with Crippen molar-refractivity contribution in [3.8, 4) is 11.3 Å². The van der Waals surface area contributed by atoms with Crippen LogP contribution in [0, 0.1) is 5.92 Å². The molecule has 3 aliphatic rings. The molecule has 208 valence electrons. The highest BCUT2D eigenvalue weighted by molar-refractivity contribution is 7.22. The second-order valence-corrected chi connectivity index (χ2v) is 13.1. The van der Waals surface area contributed by atoms with Gasteiger partial charge in [0.2, 0.25) is 0 Å². The van der Waals surface area contributed by atoms with Crippen molar-refractivity contribution in [3.05, 3.63) is 63.3 Å². The maximum absolute atomic E-state index is 12.2. The number of halogens is 2. The molecule has 2 aromatic heterocycles. The van der Waals surface area contributed by atoms with Crippen molar-refractivity contribution in [2.45, 2.75) is 76.3 Å². The van der Waals surface area contributed by atoms with Crippen LogP contribution in [-0.2, 0) is 11.2 Å². The Kier molecular flexibility index (Phi) is 7.01. The van der Waals surface area contributed by atoms with Gasteiger partial charge in [0, 0.05) is 29.1 Å². The van der Waals surface area contributed by atoms with E-state index in [0.29, 0.717) is 46.1 Å². The molecule has 2 aliphatic heterocycles. The van der Waals surface area contributed by atoms with Crippen molar-refractivity contribution in [1.82, 2.24) is 10.1 Å². The van der Waals surface area contributed by atoms with Crippen molar-refractivity contribution in [3.63, 3.8) is 0 Å². The Bertz CT molecular complexity index is 1550. The maximum atomic E-state index is 12.2. The minimum absolute atomic E-state index is 0.280. The van der Waals surface area contributed by atoms with Crippen LogP contribution in [0.5, 0.6) is 0 Å². The second kappa shape index (κ2) is 10.7. The highest BCUT2D eigenvalue weighted by atomic mass is 35.5. The van der Waals surface area contributed by atoms with Crippen LogP contribution in [0.1, 0.15) is 79.5 Å². The normalized spacial score (nSPS) is 22.3. The summed E-state index contributed by atoms with van der Waals surface area (Å²) >= 11 is 14.8. The number of fused-ring (bicyclic) bond motifs is 3. The van der Waals surface area contributed by atoms with Crippen LogP contribution in [0.2, 0.25) is 10.0 Å². The zero-order valence-electron chi connectivity index (χ0n) is 22.4. The first-order valence-electron chi connectivity index (χ1n) is 14.3. The van der Waals surface area contributed by atoms with Gasteiger partial charge in [-0.05, 0) is 94.5 Å². The van der Waals surface area contributed by atoms with E-state index in [9.17, 15) is 4.79 Å². The summed E-state index contributed by atoms with van der Waals surface area (Å²) < 4.78 is 12.1. The summed E-state index contributed by atoms with van der Waals surface area (Å²) in [5, 5.41) is 6.79. The van der Waals surface area contributed by atoms with Crippen molar-refractivity contribution >= 4 is 55.9 Å². The molecular formula is C31H31Cl2N3O3S. The number of aromatic nitrogens is 2. The largest absolute Gasteiger partial charge is 0.462 e. The Morgan fingerprint density at radius 3 is 2.55 bits per heavy atom. The van der Waals surface area contributed by atoms with E-state index in [4.69, 9.17) is 37.4 Å². The third-order valence-electron chi connectivity index (χ3n) is 8.71. The molecule has 0 N–H and O–H groups in total. The Morgan fingerprint density at radius 1 is 1.10 bits per heavy atom. The number of nitrogens with zero attached hydrogens (tertiary/aromatic N) is 3. The predicted molar refractivity (Wildman–Crippen MR) is 160 cm³/mol. The van der Waals surface area contributed by atoms with Gasteiger partial charge in [-0.25, -0.2) is 9.78 Å². The molecule has 3 fully saturated rings. The molecule has 9 heteroatoms. The van der Waals surface area contributed by atoms with Crippen LogP contribution in [-0.4, -0.2) is 34.8 Å². The lowest BCUT2D eigenvalue weighted by molar-refractivity contribution is 0.0526. The molecule has 0 spiro atoms.